The predicted octanol–water partition coefficient (Wildman–Crippen LogP) is 2.36. The number of hydrogen-bond acceptors (Lipinski definition) is 4. The summed E-state index contributed by atoms with van der Waals surface area (Å²) in [7, 11) is 1.88. The van der Waals surface area contributed by atoms with Crippen LogP contribution in [0.15, 0.2) is 42.7 Å². The van der Waals surface area contributed by atoms with Gasteiger partial charge in [0, 0.05) is 31.0 Å². The molecule has 1 aromatic carbocycles. The Hall–Kier alpha value is -2.27. The van der Waals surface area contributed by atoms with Crippen LogP contribution in [0.3, 0.4) is 0 Å². The van der Waals surface area contributed by atoms with Crippen LogP contribution in [0.5, 0.6) is 0 Å². The molecule has 3 rings (SSSR count). The topological polar surface area (TPSA) is 58.1 Å². The maximum Gasteiger partial charge on any atom is 0.256 e. The van der Waals surface area contributed by atoms with E-state index in [-0.39, 0.29) is 11.9 Å². The molecule has 5 nitrogen and oxygen atoms in total. The molecule has 1 amide bonds. The highest BCUT2D eigenvalue weighted by Crippen LogP contribution is 2.16. The third-order valence-corrected chi connectivity index (χ3v) is 4.34. The molecule has 2 aromatic rings. The van der Waals surface area contributed by atoms with E-state index in [1.165, 1.54) is 0 Å². The summed E-state index contributed by atoms with van der Waals surface area (Å²) in [6.45, 7) is 2.00. The Kier molecular flexibility index (Phi) is 4.98. The first-order chi connectivity index (χ1) is 11.3. The second-order valence-corrected chi connectivity index (χ2v) is 5.91. The van der Waals surface area contributed by atoms with Crippen LogP contribution >= 0.6 is 0 Å². The van der Waals surface area contributed by atoms with Gasteiger partial charge in [-0.25, -0.2) is 9.97 Å². The van der Waals surface area contributed by atoms with Crippen molar-refractivity contribution in [1.29, 1.82) is 0 Å². The maximum absolute atomic E-state index is 12.6. The molecule has 1 aromatic heterocycles. The third kappa shape index (κ3) is 3.74. The summed E-state index contributed by atoms with van der Waals surface area (Å²) in [6, 6.07) is 10.1. The van der Waals surface area contributed by atoms with Gasteiger partial charge in [0.15, 0.2) is 5.82 Å². The van der Waals surface area contributed by atoms with Gasteiger partial charge in [0.1, 0.15) is 0 Å². The van der Waals surface area contributed by atoms with Crippen LogP contribution in [-0.2, 0) is 0 Å². The minimum absolute atomic E-state index is 0.00323. The minimum Gasteiger partial charge on any atom is -0.339 e. The summed E-state index contributed by atoms with van der Waals surface area (Å²) in [5.41, 5.74) is 1.50. The molecule has 5 heteroatoms. The second kappa shape index (κ2) is 7.33. The zero-order valence-electron chi connectivity index (χ0n) is 13.4. The van der Waals surface area contributed by atoms with Gasteiger partial charge in [-0.2, -0.15) is 0 Å². The Morgan fingerprint density at radius 2 is 1.87 bits per heavy atom. The van der Waals surface area contributed by atoms with E-state index in [4.69, 9.17) is 0 Å². The summed E-state index contributed by atoms with van der Waals surface area (Å²) in [5, 5.41) is 3.37. The molecule has 2 heterocycles. The number of nitrogens with one attached hydrogen (secondary N) is 1. The molecule has 1 aliphatic heterocycles. The van der Waals surface area contributed by atoms with Crippen molar-refractivity contribution in [2.45, 2.75) is 25.3 Å². The first-order valence-electron chi connectivity index (χ1n) is 8.11. The third-order valence-electron chi connectivity index (χ3n) is 4.34. The molecule has 0 radical (unpaired) electrons. The molecule has 0 aliphatic carbocycles. The van der Waals surface area contributed by atoms with Crippen LogP contribution in [-0.4, -0.2) is 47.0 Å². The van der Waals surface area contributed by atoms with E-state index in [9.17, 15) is 4.79 Å². The highest BCUT2D eigenvalue weighted by molar-refractivity contribution is 5.93. The highest BCUT2D eigenvalue weighted by atomic mass is 16.2. The quantitative estimate of drug-likeness (QED) is 0.945. The lowest BCUT2D eigenvalue weighted by molar-refractivity contribution is 0.0719. The number of rotatable bonds is 3. The molecule has 1 saturated heterocycles. The SMILES string of the molecule is CN(C(=O)c1cnc(-c2ccccc2)nc1)C1CCCNCC1. The number of aromatic nitrogens is 2. The van der Waals surface area contributed by atoms with Crippen LogP contribution in [0, 0.1) is 0 Å². The van der Waals surface area contributed by atoms with Crippen LogP contribution < -0.4 is 5.32 Å². The summed E-state index contributed by atoms with van der Waals surface area (Å²) < 4.78 is 0. The van der Waals surface area contributed by atoms with Gasteiger partial charge in [-0.3, -0.25) is 4.79 Å². The zero-order valence-corrected chi connectivity index (χ0v) is 13.4. The first-order valence-corrected chi connectivity index (χ1v) is 8.11. The predicted molar refractivity (Wildman–Crippen MR) is 90.1 cm³/mol. The fraction of sp³-hybridized carbons (Fsp3) is 0.389. The normalized spacial score (nSPS) is 18.2. The van der Waals surface area contributed by atoms with E-state index >= 15 is 0 Å². The minimum atomic E-state index is -0.00323. The lowest BCUT2D eigenvalue weighted by Crippen LogP contribution is -2.37. The molecule has 1 unspecified atom stereocenters. The Balaban J connectivity index is 1.72. The molecule has 0 bridgehead atoms. The average molecular weight is 310 g/mol. The van der Waals surface area contributed by atoms with Crippen LogP contribution in [0.2, 0.25) is 0 Å². The summed E-state index contributed by atoms with van der Waals surface area (Å²) >= 11 is 0. The van der Waals surface area contributed by atoms with Crippen LogP contribution in [0.4, 0.5) is 0 Å². The van der Waals surface area contributed by atoms with Crippen molar-refractivity contribution in [2.24, 2.45) is 0 Å². The number of nitrogens with zero attached hydrogens (tertiary/aromatic N) is 3. The molecule has 1 N–H and O–H groups in total. The van der Waals surface area contributed by atoms with Gasteiger partial charge in [-0.15, -0.1) is 0 Å². The standard InChI is InChI=1S/C18H22N4O/c1-22(16-8-5-10-19-11-9-16)18(23)15-12-20-17(21-13-15)14-6-3-2-4-7-14/h2-4,6-7,12-13,16,19H,5,8-11H2,1H3. The lowest BCUT2D eigenvalue weighted by atomic mass is 10.1. The summed E-state index contributed by atoms with van der Waals surface area (Å²) in [6.07, 6.45) is 6.39. The number of amides is 1. The van der Waals surface area contributed by atoms with Crippen LogP contribution in [0.25, 0.3) is 11.4 Å². The lowest BCUT2D eigenvalue weighted by Gasteiger charge is -2.26. The van der Waals surface area contributed by atoms with Crippen molar-refractivity contribution in [3.63, 3.8) is 0 Å². The second-order valence-electron chi connectivity index (χ2n) is 5.91. The molecular formula is C18H22N4O. The molecule has 1 fully saturated rings. The van der Waals surface area contributed by atoms with Crippen molar-refractivity contribution in [2.75, 3.05) is 20.1 Å². The molecule has 1 aliphatic rings. The molecule has 23 heavy (non-hydrogen) atoms. The van der Waals surface area contributed by atoms with Crippen molar-refractivity contribution in [3.8, 4) is 11.4 Å². The Bertz CT molecular complexity index is 634. The van der Waals surface area contributed by atoms with Gasteiger partial charge < -0.3 is 10.2 Å². The Morgan fingerprint density at radius 3 is 2.61 bits per heavy atom. The first kappa shape index (κ1) is 15.6. The zero-order chi connectivity index (χ0) is 16.1. The summed E-state index contributed by atoms with van der Waals surface area (Å²) in [4.78, 5) is 23.2. The van der Waals surface area contributed by atoms with Gasteiger partial charge >= 0.3 is 0 Å². The van der Waals surface area contributed by atoms with Crippen molar-refractivity contribution in [1.82, 2.24) is 20.2 Å². The van der Waals surface area contributed by atoms with Gasteiger partial charge in [-0.1, -0.05) is 30.3 Å². The van der Waals surface area contributed by atoms with E-state index in [0.29, 0.717) is 11.4 Å². The van der Waals surface area contributed by atoms with Gasteiger partial charge in [0.25, 0.3) is 5.91 Å². The Morgan fingerprint density at radius 1 is 1.13 bits per heavy atom. The fourth-order valence-electron chi connectivity index (χ4n) is 2.93. The monoisotopic (exact) mass is 310 g/mol. The number of carbonyl (C=O) groups is 1. The number of carbonyl (C=O) groups excluding carboxylic acids is 1. The molecule has 120 valence electrons. The van der Waals surface area contributed by atoms with Crippen molar-refractivity contribution < 1.29 is 4.79 Å². The Labute approximate surface area is 136 Å². The van der Waals surface area contributed by atoms with Crippen molar-refractivity contribution in [3.05, 3.63) is 48.3 Å². The van der Waals surface area contributed by atoms with E-state index in [1.807, 2.05) is 42.3 Å². The van der Waals surface area contributed by atoms with Gasteiger partial charge in [-0.05, 0) is 32.4 Å². The molecule has 1 atom stereocenters. The van der Waals surface area contributed by atoms with Gasteiger partial charge in [0.2, 0.25) is 0 Å². The number of hydrogen-bond donors (Lipinski definition) is 1. The molecule has 0 saturated carbocycles. The van der Waals surface area contributed by atoms with Gasteiger partial charge in [0.05, 0.1) is 5.56 Å². The van der Waals surface area contributed by atoms with E-state index in [1.54, 1.807) is 12.4 Å². The maximum atomic E-state index is 12.6. The molecule has 0 spiro atoms. The smallest absolute Gasteiger partial charge is 0.256 e. The van der Waals surface area contributed by atoms with Crippen molar-refractivity contribution >= 4 is 5.91 Å². The van der Waals surface area contributed by atoms with E-state index < -0.39 is 0 Å². The van der Waals surface area contributed by atoms with E-state index in [0.717, 1.165) is 37.9 Å². The molecular weight excluding hydrogens is 288 g/mol. The fourth-order valence-corrected chi connectivity index (χ4v) is 2.93. The number of benzene rings is 1. The average Bonchev–Trinajstić information content (AvgIpc) is 2.91. The summed E-state index contributed by atoms with van der Waals surface area (Å²) in [5.74, 6) is 0.639. The van der Waals surface area contributed by atoms with Crippen LogP contribution in [0.1, 0.15) is 29.6 Å². The van der Waals surface area contributed by atoms with E-state index in [2.05, 4.69) is 15.3 Å². The highest BCUT2D eigenvalue weighted by Gasteiger charge is 2.22. The largest absolute Gasteiger partial charge is 0.339 e.